The van der Waals surface area contributed by atoms with E-state index in [0.29, 0.717) is 12.5 Å². The van der Waals surface area contributed by atoms with E-state index in [2.05, 4.69) is 24.5 Å². The van der Waals surface area contributed by atoms with Crippen molar-refractivity contribution in [2.45, 2.75) is 92.5 Å². The van der Waals surface area contributed by atoms with Gasteiger partial charge in [0.15, 0.2) is 0 Å². The molecule has 3 aliphatic rings. The van der Waals surface area contributed by atoms with Gasteiger partial charge in [-0.15, -0.1) is 0 Å². The normalized spacial score (nSPS) is 27.7. The predicted molar refractivity (Wildman–Crippen MR) is 138 cm³/mol. The van der Waals surface area contributed by atoms with E-state index in [1.54, 1.807) is 41.5 Å². The number of esters is 2. The third-order valence-corrected chi connectivity index (χ3v) is 7.65. The summed E-state index contributed by atoms with van der Waals surface area (Å²) in [6.45, 7) is 19.1. The van der Waals surface area contributed by atoms with Gasteiger partial charge < -0.3 is 58.7 Å². The summed E-state index contributed by atoms with van der Waals surface area (Å²) in [4.78, 5) is 47.1. The SMILES string of the molecule is CC(C)(C)OC(=O)N[C@H]1C(=O)OC[C@H]2[C@@H]1C2(C)C.COC(=O)C(NC(=O)OC(C)(C)C)[C@@H]1[C@H](CO)C1(C)C.[I-].[Li+]. The first kappa shape index (κ1) is 38.8. The van der Waals surface area contributed by atoms with Crippen molar-refractivity contribution in [1.82, 2.24) is 10.6 Å². The summed E-state index contributed by atoms with van der Waals surface area (Å²) in [6.07, 6.45) is -1.22. The van der Waals surface area contributed by atoms with Crippen molar-refractivity contribution in [1.29, 1.82) is 0 Å². The molecule has 0 bridgehead atoms. The topological polar surface area (TPSA) is 149 Å². The Morgan fingerprint density at radius 2 is 1.50 bits per heavy atom. The number of rotatable bonds is 5. The summed E-state index contributed by atoms with van der Waals surface area (Å²) in [6, 6.07) is -1.38. The quantitative estimate of drug-likeness (QED) is 0.120. The van der Waals surface area contributed by atoms with E-state index < -0.39 is 41.4 Å². The Hall–Kier alpha value is -1.23. The molecule has 1 saturated heterocycles. The molecule has 13 heteroatoms. The fraction of sp³-hybridized carbons (Fsp3) is 0.852. The molecule has 40 heavy (non-hydrogen) atoms. The molecule has 0 aromatic heterocycles. The van der Waals surface area contributed by atoms with Crippen molar-refractivity contribution < 1.29 is 86.1 Å². The largest absolute Gasteiger partial charge is 1.00 e. The second-order valence-corrected chi connectivity index (χ2v) is 13.5. The van der Waals surface area contributed by atoms with Gasteiger partial charge in [0.1, 0.15) is 23.3 Å². The zero-order chi connectivity index (χ0) is 29.4. The van der Waals surface area contributed by atoms with Crippen molar-refractivity contribution in [3.05, 3.63) is 0 Å². The van der Waals surface area contributed by atoms with Crippen LogP contribution in [0.4, 0.5) is 9.59 Å². The van der Waals surface area contributed by atoms with Crippen LogP contribution in [-0.4, -0.2) is 72.8 Å². The molecule has 226 valence electrons. The molecule has 1 unspecified atom stereocenters. The van der Waals surface area contributed by atoms with Gasteiger partial charge in [-0.1, -0.05) is 27.7 Å². The molecule has 3 fully saturated rings. The Morgan fingerprint density at radius 3 is 1.93 bits per heavy atom. The monoisotopic (exact) mass is 676 g/mol. The minimum absolute atomic E-state index is 0. The molecule has 1 heterocycles. The fourth-order valence-corrected chi connectivity index (χ4v) is 5.41. The number of amides is 2. The molecule has 2 saturated carbocycles. The molecule has 0 radical (unpaired) electrons. The maximum atomic E-state index is 11.9. The van der Waals surface area contributed by atoms with E-state index in [9.17, 15) is 24.3 Å². The second kappa shape index (κ2) is 13.8. The Morgan fingerprint density at radius 1 is 1.00 bits per heavy atom. The van der Waals surface area contributed by atoms with Crippen LogP contribution >= 0.6 is 0 Å². The number of hydrogen-bond acceptors (Lipinski definition) is 9. The number of cyclic esters (lactones) is 1. The molecular weight excluding hydrogens is 630 g/mol. The zero-order valence-corrected chi connectivity index (χ0v) is 28.1. The maximum absolute atomic E-state index is 11.9. The average Bonchev–Trinajstić information content (AvgIpc) is 3.51. The Bertz CT molecular complexity index is 930. The molecule has 1 aliphatic heterocycles. The molecule has 2 amide bonds. The number of ether oxygens (including phenoxy) is 4. The summed E-state index contributed by atoms with van der Waals surface area (Å²) in [5.74, 6) is -0.576. The van der Waals surface area contributed by atoms with Gasteiger partial charge >= 0.3 is 43.0 Å². The Balaban J connectivity index is 0.000000727. The Kier molecular flexibility index (Phi) is 13.4. The molecule has 0 spiro atoms. The van der Waals surface area contributed by atoms with Gasteiger partial charge in [0.2, 0.25) is 0 Å². The van der Waals surface area contributed by atoms with Crippen molar-refractivity contribution >= 4 is 24.1 Å². The molecule has 0 aromatic carbocycles. The standard InChI is InChI=1S/C14H25NO5.C13H21NO4.HI.Li/c1-13(2,3)20-12(18)15-10(11(17)19-6)9-8(7-16)14(9,4)5;1-12(2,3)18-11(16)14-9-8-7(13(8,4)5)6-17-10(9)15;;/h8-10,16H,7H2,1-6H3,(H,15,18);7-9H,6H2,1-5H3,(H,14,16);1H;/q;;;+1/p-1/t8-,9-,10?;7-,8-,9+;;/m00../s1. The average molecular weight is 677 g/mol. The number of carbonyl (C=O) groups is 4. The first-order chi connectivity index (χ1) is 17.2. The number of fused-ring (bicyclic) bond motifs is 1. The first-order valence-corrected chi connectivity index (χ1v) is 13.0. The van der Waals surface area contributed by atoms with Crippen LogP contribution in [-0.2, 0) is 28.5 Å². The number of halogens is 1. The van der Waals surface area contributed by atoms with Crippen molar-refractivity contribution in [2.75, 3.05) is 20.3 Å². The van der Waals surface area contributed by atoms with Crippen LogP contribution in [0.25, 0.3) is 0 Å². The molecule has 0 aromatic rings. The summed E-state index contributed by atoms with van der Waals surface area (Å²) >= 11 is 0. The Labute approximate surface area is 267 Å². The zero-order valence-electron chi connectivity index (χ0n) is 26.0. The van der Waals surface area contributed by atoms with Crippen LogP contribution in [0.2, 0.25) is 0 Å². The third-order valence-electron chi connectivity index (χ3n) is 7.65. The number of hydrogen-bond donors (Lipinski definition) is 3. The van der Waals surface area contributed by atoms with E-state index in [0.717, 1.165) is 0 Å². The summed E-state index contributed by atoms with van der Waals surface area (Å²) in [5, 5.41) is 14.5. The van der Waals surface area contributed by atoms with E-state index in [4.69, 9.17) is 18.9 Å². The maximum Gasteiger partial charge on any atom is 1.00 e. The van der Waals surface area contributed by atoms with Gasteiger partial charge in [0.25, 0.3) is 0 Å². The second-order valence-electron chi connectivity index (χ2n) is 13.5. The van der Waals surface area contributed by atoms with Gasteiger partial charge in [0, 0.05) is 24.4 Å². The van der Waals surface area contributed by atoms with Gasteiger partial charge in [-0.25, -0.2) is 19.2 Å². The summed E-state index contributed by atoms with van der Waals surface area (Å²) in [5.41, 5.74) is -1.38. The van der Waals surface area contributed by atoms with Gasteiger partial charge in [-0.2, -0.15) is 0 Å². The minimum Gasteiger partial charge on any atom is -1.00 e. The van der Waals surface area contributed by atoms with Crippen molar-refractivity contribution in [2.24, 2.45) is 34.5 Å². The minimum atomic E-state index is -0.804. The first-order valence-electron chi connectivity index (χ1n) is 13.0. The van der Waals surface area contributed by atoms with Crippen LogP contribution in [0.1, 0.15) is 69.2 Å². The molecular formula is C27H46ILiN2O9. The number of nitrogens with one attached hydrogen (secondary N) is 2. The molecule has 11 nitrogen and oxygen atoms in total. The molecule has 2 aliphatic carbocycles. The number of carbonyl (C=O) groups excluding carboxylic acids is 4. The van der Waals surface area contributed by atoms with Crippen LogP contribution in [0.15, 0.2) is 0 Å². The van der Waals surface area contributed by atoms with Crippen LogP contribution in [0.3, 0.4) is 0 Å². The van der Waals surface area contributed by atoms with Gasteiger partial charge in [-0.3, -0.25) is 0 Å². The van der Waals surface area contributed by atoms with E-state index in [-0.39, 0.29) is 84.0 Å². The smallest absolute Gasteiger partial charge is 1.00 e. The van der Waals surface area contributed by atoms with Gasteiger partial charge in [0.05, 0.1) is 13.7 Å². The number of methoxy groups -OCH3 is 1. The molecule has 6 atom stereocenters. The van der Waals surface area contributed by atoms with Crippen molar-refractivity contribution in [3.8, 4) is 0 Å². The van der Waals surface area contributed by atoms with Crippen LogP contribution in [0.5, 0.6) is 0 Å². The molecule has 3 rings (SSSR count). The van der Waals surface area contributed by atoms with E-state index in [1.807, 2.05) is 13.8 Å². The third kappa shape index (κ3) is 9.66. The van der Waals surface area contributed by atoms with Gasteiger partial charge in [-0.05, 0) is 58.3 Å². The number of aliphatic hydroxyl groups is 1. The predicted octanol–water partition coefficient (Wildman–Crippen LogP) is -2.97. The fourth-order valence-electron chi connectivity index (χ4n) is 5.41. The van der Waals surface area contributed by atoms with Crippen LogP contribution in [0, 0.1) is 34.5 Å². The number of alkyl carbamates (subject to hydrolysis) is 2. The summed E-state index contributed by atoms with van der Waals surface area (Å²) in [7, 11) is 1.27. The van der Waals surface area contributed by atoms with E-state index >= 15 is 0 Å². The summed E-state index contributed by atoms with van der Waals surface area (Å²) < 4.78 is 20.2. The molecule has 3 N–H and O–H groups in total. The van der Waals surface area contributed by atoms with Crippen LogP contribution < -0.4 is 53.5 Å². The van der Waals surface area contributed by atoms with E-state index in [1.165, 1.54) is 7.11 Å². The number of aliphatic hydroxyl groups excluding tert-OH is 1. The van der Waals surface area contributed by atoms with Crippen molar-refractivity contribution in [3.63, 3.8) is 0 Å².